The summed E-state index contributed by atoms with van der Waals surface area (Å²) >= 11 is 0. The van der Waals surface area contributed by atoms with E-state index in [0.717, 1.165) is 44.8 Å². The number of hydrogen-bond acceptors (Lipinski definition) is 6. The molecule has 1 aromatic rings. The number of sulfonamides is 1. The highest BCUT2D eigenvalue weighted by molar-refractivity contribution is 7.89. The lowest BCUT2D eigenvalue weighted by atomic mass is 9.90. The summed E-state index contributed by atoms with van der Waals surface area (Å²) < 4.78 is 34.4. The lowest BCUT2D eigenvalue weighted by Crippen LogP contribution is -2.58. The van der Waals surface area contributed by atoms with E-state index in [0.29, 0.717) is 26.1 Å². The Balaban J connectivity index is 1.59. The van der Waals surface area contributed by atoms with Crippen LogP contribution in [0, 0.1) is 0 Å². The first-order valence-corrected chi connectivity index (χ1v) is 10.8. The fourth-order valence-electron chi connectivity index (χ4n) is 3.73. The van der Waals surface area contributed by atoms with Crippen molar-refractivity contribution >= 4 is 10.0 Å². The lowest BCUT2D eigenvalue weighted by Gasteiger charge is -2.46. The van der Waals surface area contributed by atoms with Gasteiger partial charge >= 0.3 is 0 Å². The summed E-state index contributed by atoms with van der Waals surface area (Å²) in [6, 6.07) is 0. The third kappa shape index (κ3) is 4.21. The minimum Gasteiger partial charge on any atom is -0.372 e. The van der Waals surface area contributed by atoms with E-state index in [4.69, 9.17) is 4.74 Å². The molecule has 0 saturated carbocycles. The molecule has 2 fully saturated rings. The van der Waals surface area contributed by atoms with Crippen LogP contribution >= 0.6 is 0 Å². The predicted molar refractivity (Wildman–Crippen MR) is 94.5 cm³/mol. The van der Waals surface area contributed by atoms with Gasteiger partial charge < -0.3 is 4.74 Å². The van der Waals surface area contributed by atoms with Crippen LogP contribution in [0.25, 0.3) is 0 Å². The van der Waals surface area contributed by atoms with E-state index >= 15 is 0 Å². The van der Waals surface area contributed by atoms with Gasteiger partial charge in [-0.15, -0.1) is 0 Å². The Morgan fingerprint density at radius 2 is 2.00 bits per heavy atom. The van der Waals surface area contributed by atoms with Gasteiger partial charge in [0.15, 0.2) is 0 Å². The quantitative estimate of drug-likeness (QED) is 0.732. The van der Waals surface area contributed by atoms with Gasteiger partial charge in [0.2, 0.25) is 10.0 Å². The second-order valence-electron chi connectivity index (χ2n) is 6.95. The first kappa shape index (κ1) is 18.8. The van der Waals surface area contributed by atoms with Crippen molar-refractivity contribution in [3.05, 3.63) is 12.2 Å². The van der Waals surface area contributed by atoms with Crippen LogP contribution in [0.3, 0.4) is 0 Å². The van der Waals surface area contributed by atoms with Crippen molar-refractivity contribution in [2.45, 2.75) is 51.8 Å². The molecule has 2 aliphatic rings. The summed E-state index contributed by atoms with van der Waals surface area (Å²) in [5.74, 6) is 1.21. The SMILES string of the molecule is CCCS(=O)(=O)N1CCOC2(CCN(Cc3ncnn3CC)CC2)C1. The number of likely N-dealkylation sites (tertiary alicyclic amines) is 1. The number of rotatable bonds is 6. The number of aryl methyl sites for hydroxylation is 1. The molecule has 1 spiro atoms. The van der Waals surface area contributed by atoms with E-state index in [1.807, 2.05) is 11.6 Å². The van der Waals surface area contributed by atoms with Crippen LogP contribution < -0.4 is 0 Å². The maximum atomic E-state index is 12.4. The van der Waals surface area contributed by atoms with E-state index in [1.54, 1.807) is 10.6 Å². The van der Waals surface area contributed by atoms with Gasteiger partial charge in [-0.2, -0.15) is 9.40 Å². The molecule has 0 bridgehead atoms. The average Bonchev–Trinajstić information content (AvgIpc) is 3.04. The van der Waals surface area contributed by atoms with E-state index in [2.05, 4.69) is 21.9 Å². The van der Waals surface area contributed by atoms with Crippen LogP contribution in [0.1, 0.15) is 38.9 Å². The minimum absolute atomic E-state index is 0.224. The predicted octanol–water partition coefficient (Wildman–Crippen LogP) is 0.705. The largest absolute Gasteiger partial charge is 0.372 e. The Hall–Kier alpha value is -1.03. The standard InChI is InChI=1S/C16H29N5O3S/c1-3-11-25(22,23)20-9-10-24-16(13-20)5-7-19(8-6-16)12-15-17-14-18-21(15)4-2/h14H,3-13H2,1-2H3. The van der Waals surface area contributed by atoms with Gasteiger partial charge in [-0.25, -0.2) is 18.1 Å². The molecule has 25 heavy (non-hydrogen) atoms. The highest BCUT2D eigenvalue weighted by atomic mass is 32.2. The zero-order valence-corrected chi connectivity index (χ0v) is 16.0. The molecule has 142 valence electrons. The van der Waals surface area contributed by atoms with E-state index in [9.17, 15) is 8.42 Å². The Labute approximate surface area is 150 Å². The molecule has 0 amide bonds. The molecule has 3 rings (SSSR count). The maximum Gasteiger partial charge on any atom is 0.214 e. The van der Waals surface area contributed by atoms with Crippen LogP contribution in [0.5, 0.6) is 0 Å². The maximum absolute atomic E-state index is 12.4. The second-order valence-corrected chi connectivity index (χ2v) is 9.04. The second kappa shape index (κ2) is 7.69. The highest BCUT2D eigenvalue weighted by Crippen LogP contribution is 2.31. The number of morpholine rings is 1. The van der Waals surface area contributed by atoms with Gasteiger partial charge in [0.1, 0.15) is 12.2 Å². The normalized spacial score (nSPS) is 22.5. The molecule has 1 aromatic heterocycles. The van der Waals surface area contributed by atoms with Crippen molar-refractivity contribution in [2.75, 3.05) is 38.5 Å². The molecule has 0 aliphatic carbocycles. The molecular formula is C16H29N5O3S. The third-order valence-corrected chi connectivity index (χ3v) is 7.22. The van der Waals surface area contributed by atoms with Crippen molar-refractivity contribution < 1.29 is 13.2 Å². The molecule has 0 atom stereocenters. The van der Waals surface area contributed by atoms with Crippen LogP contribution in [0.2, 0.25) is 0 Å². The van der Waals surface area contributed by atoms with Crippen molar-refractivity contribution in [1.29, 1.82) is 0 Å². The molecule has 2 aliphatic heterocycles. The number of piperidine rings is 1. The van der Waals surface area contributed by atoms with Gasteiger partial charge in [-0.05, 0) is 26.2 Å². The first-order valence-electron chi connectivity index (χ1n) is 9.19. The Bertz CT molecular complexity index is 667. The van der Waals surface area contributed by atoms with Crippen molar-refractivity contribution in [3.63, 3.8) is 0 Å². The van der Waals surface area contributed by atoms with Crippen LogP contribution in [-0.4, -0.2) is 76.5 Å². The van der Waals surface area contributed by atoms with Crippen molar-refractivity contribution in [1.82, 2.24) is 24.0 Å². The summed E-state index contributed by atoms with van der Waals surface area (Å²) in [6.45, 7) is 8.80. The summed E-state index contributed by atoms with van der Waals surface area (Å²) in [6.07, 6.45) is 3.96. The number of nitrogens with zero attached hydrogens (tertiary/aromatic N) is 5. The molecule has 0 unspecified atom stereocenters. The fraction of sp³-hybridized carbons (Fsp3) is 0.875. The molecule has 3 heterocycles. The first-order chi connectivity index (χ1) is 12.0. The molecule has 2 saturated heterocycles. The van der Waals surface area contributed by atoms with Crippen molar-refractivity contribution in [2.24, 2.45) is 0 Å². The van der Waals surface area contributed by atoms with E-state index in [1.165, 1.54) is 0 Å². The zero-order valence-electron chi connectivity index (χ0n) is 15.2. The number of ether oxygens (including phenoxy) is 1. The van der Waals surface area contributed by atoms with E-state index in [-0.39, 0.29) is 11.4 Å². The Morgan fingerprint density at radius 3 is 2.68 bits per heavy atom. The van der Waals surface area contributed by atoms with Crippen LogP contribution in [-0.2, 0) is 27.8 Å². The van der Waals surface area contributed by atoms with Gasteiger partial charge in [-0.3, -0.25) is 4.90 Å². The molecular weight excluding hydrogens is 342 g/mol. The zero-order chi connectivity index (χ0) is 17.9. The van der Waals surface area contributed by atoms with Gasteiger partial charge in [0, 0.05) is 32.7 Å². The van der Waals surface area contributed by atoms with Crippen LogP contribution in [0.4, 0.5) is 0 Å². The molecule has 9 heteroatoms. The molecule has 8 nitrogen and oxygen atoms in total. The van der Waals surface area contributed by atoms with Gasteiger partial charge in [0.25, 0.3) is 0 Å². The van der Waals surface area contributed by atoms with Gasteiger partial charge in [0.05, 0.1) is 24.5 Å². The number of hydrogen-bond donors (Lipinski definition) is 0. The van der Waals surface area contributed by atoms with Gasteiger partial charge in [-0.1, -0.05) is 6.92 Å². The molecule has 0 aromatic carbocycles. The Morgan fingerprint density at radius 1 is 1.24 bits per heavy atom. The average molecular weight is 372 g/mol. The highest BCUT2D eigenvalue weighted by Gasteiger charge is 2.42. The minimum atomic E-state index is -3.15. The number of aromatic nitrogens is 3. The fourth-order valence-corrected chi connectivity index (χ4v) is 5.29. The monoisotopic (exact) mass is 371 g/mol. The smallest absolute Gasteiger partial charge is 0.214 e. The lowest BCUT2D eigenvalue weighted by molar-refractivity contribution is -0.120. The summed E-state index contributed by atoms with van der Waals surface area (Å²) in [7, 11) is -3.15. The van der Waals surface area contributed by atoms with Crippen molar-refractivity contribution in [3.8, 4) is 0 Å². The summed E-state index contributed by atoms with van der Waals surface area (Å²) in [5, 5.41) is 4.22. The Kier molecular flexibility index (Phi) is 5.77. The molecule has 0 N–H and O–H groups in total. The summed E-state index contributed by atoms with van der Waals surface area (Å²) in [5.41, 5.74) is -0.325. The summed E-state index contributed by atoms with van der Waals surface area (Å²) in [4.78, 5) is 6.69. The topological polar surface area (TPSA) is 80.6 Å². The third-order valence-electron chi connectivity index (χ3n) is 5.20. The van der Waals surface area contributed by atoms with E-state index < -0.39 is 10.0 Å². The van der Waals surface area contributed by atoms with Crippen LogP contribution in [0.15, 0.2) is 6.33 Å². The molecule has 0 radical (unpaired) electrons.